The van der Waals surface area contributed by atoms with Crippen molar-refractivity contribution in [3.63, 3.8) is 0 Å². The highest BCUT2D eigenvalue weighted by atomic mass is 19.4. The fourth-order valence-electron chi connectivity index (χ4n) is 8.17. The molecule has 8 rings (SSSR count). The summed E-state index contributed by atoms with van der Waals surface area (Å²) in [4.78, 5) is 13.2. The molecule has 2 aliphatic rings. The molecule has 4 N–H and O–H groups in total. The van der Waals surface area contributed by atoms with Crippen LogP contribution in [0.3, 0.4) is 0 Å². The molecule has 61 heavy (non-hydrogen) atoms. The van der Waals surface area contributed by atoms with Gasteiger partial charge >= 0.3 is 12.4 Å². The first-order chi connectivity index (χ1) is 28.9. The summed E-state index contributed by atoms with van der Waals surface area (Å²) in [5.74, 6) is 0.539. The average Bonchev–Trinajstić information content (AvgIpc) is 3.87. The quantitative estimate of drug-likeness (QED) is 0.0988. The second kappa shape index (κ2) is 16.2. The summed E-state index contributed by atoms with van der Waals surface area (Å²) in [5.41, 5.74) is 2.41. The van der Waals surface area contributed by atoms with Gasteiger partial charge in [-0.15, -0.1) is 10.2 Å². The normalized spacial score (nSPS) is 18.3. The van der Waals surface area contributed by atoms with Crippen LogP contribution in [-0.2, 0) is 18.8 Å². The average molecular weight is 847 g/mol. The molecule has 0 aliphatic carbocycles. The number of β-amino-alcohol motifs (C(OH)–C–C–N with tert-alkyl or cyclic N) is 2. The van der Waals surface area contributed by atoms with Crippen LogP contribution in [-0.4, -0.2) is 79.0 Å². The van der Waals surface area contributed by atoms with Crippen LogP contribution in [0.1, 0.15) is 83.5 Å². The number of halogens is 6. The lowest BCUT2D eigenvalue weighted by molar-refractivity contribution is -0.138. The first-order valence-corrected chi connectivity index (χ1v) is 20.0. The van der Waals surface area contributed by atoms with Crippen LogP contribution < -0.4 is 20.4 Å². The number of nitrogens with zero attached hydrogens (tertiary/aromatic N) is 8. The highest BCUT2D eigenvalue weighted by molar-refractivity contribution is 5.93. The lowest BCUT2D eigenvalue weighted by Crippen LogP contribution is -2.21. The SMILES string of the molecule is Cc1cc([C@@H](C)Nc2nnc(C)c3ncc(N4CC[C@H](O)C4)cc23)cc(C(F)(F)F)c1Cc1nnc(N[C@H](C)c2cccc(C(F)(F)F)c2)c2cc(N3CC[C@H](O)C3)cnc12. The maximum Gasteiger partial charge on any atom is 0.416 e. The molecule has 6 aromatic rings. The monoisotopic (exact) mass is 846 g/mol. The molecule has 0 spiro atoms. The molecule has 6 heterocycles. The van der Waals surface area contributed by atoms with E-state index in [2.05, 4.69) is 41.0 Å². The molecule has 0 unspecified atom stereocenters. The Bertz CT molecular complexity index is 2610. The Hall–Kier alpha value is -5.88. The zero-order chi connectivity index (χ0) is 43.4. The van der Waals surface area contributed by atoms with Gasteiger partial charge in [0.05, 0.1) is 81.6 Å². The fourth-order valence-corrected chi connectivity index (χ4v) is 8.17. The van der Waals surface area contributed by atoms with Crippen LogP contribution in [0.5, 0.6) is 0 Å². The zero-order valence-corrected chi connectivity index (χ0v) is 33.8. The summed E-state index contributed by atoms with van der Waals surface area (Å²) in [5, 5.41) is 45.2. The second-order valence-electron chi connectivity index (χ2n) is 16.0. The standard InChI is InChI=1S/C43H44F6N10O2/c1-22-12-27(24(3)53-40-34-15-29(58-10-8-31(60)20-58)18-50-38(34)25(4)54-56-40)14-36(43(47,48)49)33(22)17-37-39-35(16-30(19-51-39)59-11-9-32(61)21-59)41(57-55-37)52-23(2)26-6-5-7-28(13-26)42(44,45)46/h5-7,12-16,18-19,23-24,31-32,60-61H,8-11,17,20-21H2,1-4H3,(H,52,57)(H,53,56)/t23-,24-,31+,32+/m1/s1. The van der Waals surface area contributed by atoms with Crippen molar-refractivity contribution in [2.75, 3.05) is 46.6 Å². The number of pyridine rings is 2. The molecule has 2 saturated heterocycles. The number of alkyl halides is 6. The van der Waals surface area contributed by atoms with Gasteiger partial charge in [-0.3, -0.25) is 9.97 Å². The van der Waals surface area contributed by atoms with Crippen LogP contribution in [0.25, 0.3) is 21.8 Å². The molecule has 0 bridgehead atoms. The molecule has 12 nitrogen and oxygen atoms in total. The van der Waals surface area contributed by atoms with E-state index in [-0.39, 0.29) is 29.0 Å². The van der Waals surface area contributed by atoms with Gasteiger partial charge in [0.15, 0.2) is 11.6 Å². The topological polar surface area (TPSA) is 148 Å². The van der Waals surface area contributed by atoms with E-state index in [0.29, 0.717) is 89.2 Å². The third kappa shape index (κ3) is 8.68. The number of anilines is 4. The Morgan fingerprint density at radius 2 is 1.28 bits per heavy atom. The summed E-state index contributed by atoms with van der Waals surface area (Å²) >= 11 is 0. The molecular weight excluding hydrogens is 803 g/mol. The van der Waals surface area contributed by atoms with Crippen molar-refractivity contribution >= 4 is 44.8 Å². The molecule has 4 atom stereocenters. The number of fused-ring (bicyclic) bond motifs is 2. The first-order valence-electron chi connectivity index (χ1n) is 20.0. The third-order valence-electron chi connectivity index (χ3n) is 11.6. The van der Waals surface area contributed by atoms with Crippen molar-refractivity contribution in [1.82, 2.24) is 30.4 Å². The predicted molar refractivity (Wildman–Crippen MR) is 220 cm³/mol. The van der Waals surface area contributed by atoms with E-state index in [1.165, 1.54) is 6.07 Å². The Kier molecular flexibility index (Phi) is 11.1. The van der Waals surface area contributed by atoms with E-state index in [9.17, 15) is 23.4 Å². The maximum atomic E-state index is 15.1. The van der Waals surface area contributed by atoms with Gasteiger partial charge in [0.1, 0.15) is 0 Å². The minimum atomic E-state index is -4.76. The molecule has 0 saturated carbocycles. The number of rotatable bonds is 10. The molecule has 320 valence electrons. The van der Waals surface area contributed by atoms with E-state index in [4.69, 9.17) is 0 Å². The lowest BCUT2D eigenvalue weighted by Gasteiger charge is -2.23. The number of aliphatic hydroxyl groups is 2. The van der Waals surface area contributed by atoms with Crippen molar-refractivity contribution in [2.45, 2.75) is 83.6 Å². The van der Waals surface area contributed by atoms with E-state index >= 15 is 13.2 Å². The first kappa shape index (κ1) is 41.8. The number of aryl methyl sites for hydroxylation is 2. The minimum absolute atomic E-state index is 0.0205. The number of benzene rings is 2. The third-order valence-corrected chi connectivity index (χ3v) is 11.6. The van der Waals surface area contributed by atoms with Crippen molar-refractivity contribution < 1.29 is 36.6 Å². The van der Waals surface area contributed by atoms with Gasteiger partial charge in [-0.25, -0.2) is 0 Å². The summed E-state index contributed by atoms with van der Waals surface area (Å²) in [6.45, 7) is 8.80. The smallest absolute Gasteiger partial charge is 0.391 e. The Balaban J connectivity index is 1.13. The Labute approximate surface area is 347 Å². The van der Waals surface area contributed by atoms with E-state index < -0.39 is 47.8 Å². The van der Waals surface area contributed by atoms with Crippen LogP contribution in [0, 0.1) is 13.8 Å². The number of nitrogens with one attached hydrogen (secondary N) is 2. The van der Waals surface area contributed by atoms with Gasteiger partial charge in [-0.1, -0.05) is 18.2 Å². The number of hydrogen-bond acceptors (Lipinski definition) is 12. The second-order valence-corrected chi connectivity index (χ2v) is 16.0. The number of aliphatic hydroxyl groups excluding tert-OH is 2. The molecule has 2 fully saturated rings. The van der Waals surface area contributed by atoms with Gasteiger partial charge in [-0.05, 0) is 93.1 Å². The van der Waals surface area contributed by atoms with Gasteiger partial charge in [0.25, 0.3) is 0 Å². The molecule has 2 aliphatic heterocycles. The van der Waals surface area contributed by atoms with E-state index in [1.54, 1.807) is 58.3 Å². The molecule has 0 amide bonds. The highest BCUT2D eigenvalue weighted by Gasteiger charge is 2.36. The summed E-state index contributed by atoms with van der Waals surface area (Å²) in [6.07, 6.45) is -6.12. The molecule has 0 radical (unpaired) electrons. The number of hydrogen-bond donors (Lipinski definition) is 4. The predicted octanol–water partition coefficient (Wildman–Crippen LogP) is 8.10. The summed E-state index contributed by atoms with van der Waals surface area (Å²) in [7, 11) is 0. The van der Waals surface area contributed by atoms with Crippen LogP contribution in [0.2, 0.25) is 0 Å². The van der Waals surface area contributed by atoms with Gasteiger partial charge < -0.3 is 30.6 Å². The fraction of sp³-hybridized carbons (Fsp3) is 0.395. The largest absolute Gasteiger partial charge is 0.416 e. The Morgan fingerprint density at radius 1 is 0.705 bits per heavy atom. The lowest BCUT2D eigenvalue weighted by atomic mass is 9.92. The van der Waals surface area contributed by atoms with Gasteiger partial charge in [-0.2, -0.15) is 36.5 Å². The summed E-state index contributed by atoms with van der Waals surface area (Å²) in [6, 6.07) is 10.0. The van der Waals surface area contributed by atoms with Crippen molar-refractivity contribution in [3.05, 3.63) is 106 Å². The van der Waals surface area contributed by atoms with Crippen molar-refractivity contribution in [2.24, 2.45) is 0 Å². The minimum Gasteiger partial charge on any atom is -0.391 e. The van der Waals surface area contributed by atoms with Gasteiger partial charge in [0, 0.05) is 43.4 Å². The zero-order valence-electron chi connectivity index (χ0n) is 33.8. The van der Waals surface area contributed by atoms with Crippen LogP contribution in [0.4, 0.5) is 49.4 Å². The molecule has 18 heteroatoms. The van der Waals surface area contributed by atoms with Crippen LogP contribution in [0.15, 0.2) is 60.9 Å². The molecular formula is C43H44F6N10O2. The highest BCUT2D eigenvalue weighted by Crippen LogP contribution is 2.39. The van der Waals surface area contributed by atoms with Crippen molar-refractivity contribution in [3.8, 4) is 0 Å². The van der Waals surface area contributed by atoms with Crippen LogP contribution >= 0.6 is 0 Å². The maximum absolute atomic E-state index is 15.1. The number of aromatic nitrogens is 6. The summed E-state index contributed by atoms with van der Waals surface area (Å²) < 4.78 is 85.9. The van der Waals surface area contributed by atoms with E-state index in [0.717, 1.165) is 23.9 Å². The molecule has 4 aromatic heterocycles. The van der Waals surface area contributed by atoms with Gasteiger partial charge in [0.2, 0.25) is 0 Å². The van der Waals surface area contributed by atoms with Crippen molar-refractivity contribution in [1.29, 1.82) is 0 Å². The Morgan fingerprint density at radius 3 is 1.85 bits per heavy atom. The molecule has 2 aromatic carbocycles. The van der Waals surface area contributed by atoms with E-state index in [1.807, 2.05) is 15.9 Å².